The monoisotopic (exact) mass is 251 g/mol. The van der Waals surface area contributed by atoms with Crippen LogP contribution in [0.3, 0.4) is 0 Å². The van der Waals surface area contributed by atoms with E-state index in [2.05, 4.69) is 16.8 Å². The first kappa shape index (κ1) is 13.1. The van der Waals surface area contributed by atoms with Gasteiger partial charge in [-0.25, -0.2) is 4.98 Å². The number of carboxylic acid groups (broad SMARTS) is 1. The molecule has 1 aromatic heterocycles. The summed E-state index contributed by atoms with van der Waals surface area (Å²) in [4.78, 5) is 17.7. The summed E-state index contributed by atoms with van der Waals surface area (Å²) in [6.45, 7) is 4.84. The van der Waals surface area contributed by atoms with Gasteiger partial charge in [0.25, 0.3) is 0 Å². The van der Waals surface area contributed by atoms with E-state index in [1.807, 2.05) is 10.8 Å². The van der Waals surface area contributed by atoms with Gasteiger partial charge in [-0.2, -0.15) is 0 Å². The first-order valence-electron chi connectivity index (χ1n) is 6.68. The van der Waals surface area contributed by atoms with E-state index >= 15 is 0 Å². The van der Waals surface area contributed by atoms with Crippen LogP contribution in [0.1, 0.15) is 31.9 Å². The zero-order valence-electron chi connectivity index (χ0n) is 10.9. The normalized spacial score (nSPS) is 18.1. The molecule has 18 heavy (non-hydrogen) atoms. The fourth-order valence-corrected chi connectivity index (χ4v) is 2.52. The minimum Gasteiger partial charge on any atom is -0.480 e. The summed E-state index contributed by atoms with van der Waals surface area (Å²) in [6, 6.07) is -0.419. The van der Waals surface area contributed by atoms with E-state index in [4.69, 9.17) is 0 Å². The molecule has 1 N–H and O–H groups in total. The molecule has 1 atom stereocenters. The van der Waals surface area contributed by atoms with Crippen molar-refractivity contribution in [3.05, 3.63) is 18.2 Å². The number of aryl methyl sites for hydroxylation is 1. The van der Waals surface area contributed by atoms with Crippen LogP contribution in [0.25, 0.3) is 0 Å². The molecule has 1 saturated heterocycles. The van der Waals surface area contributed by atoms with Gasteiger partial charge in [0.15, 0.2) is 0 Å². The lowest BCUT2D eigenvalue weighted by atomic mass is 10.1. The zero-order valence-corrected chi connectivity index (χ0v) is 10.9. The van der Waals surface area contributed by atoms with E-state index in [1.165, 1.54) is 0 Å². The van der Waals surface area contributed by atoms with Crippen molar-refractivity contribution in [3.8, 4) is 0 Å². The molecule has 0 aromatic carbocycles. The number of nitrogens with zero attached hydrogens (tertiary/aromatic N) is 3. The SMILES string of the molecule is CCCn1cnc(C[C@@H](C(=O)O)N2CCCC2)c1. The van der Waals surface area contributed by atoms with Crippen molar-refractivity contribution in [2.75, 3.05) is 13.1 Å². The number of carboxylic acids is 1. The van der Waals surface area contributed by atoms with E-state index in [0.29, 0.717) is 6.42 Å². The van der Waals surface area contributed by atoms with Crippen molar-refractivity contribution in [2.24, 2.45) is 0 Å². The smallest absolute Gasteiger partial charge is 0.321 e. The fraction of sp³-hybridized carbons (Fsp3) is 0.692. The highest BCUT2D eigenvalue weighted by Crippen LogP contribution is 2.15. The Morgan fingerprint density at radius 1 is 1.50 bits per heavy atom. The minimum absolute atomic E-state index is 0.419. The molecule has 0 aliphatic carbocycles. The molecule has 0 radical (unpaired) electrons. The van der Waals surface area contributed by atoms with E-state index in [1.54, 1.807) is 6.33 Å². The highest BCUT2D eigenvalue weighted by molar-refractivity contribution is 5.73. The largest absolute Gasteiger partial charge is 0.480 e. The molecule has 0 bridgehead atoms. The van der Waals surface area contributed by atoms with Crippen LogP contribution in [-0.2, 0) is 17.8 Å². The van der Waals surface area contributed by atoms with Crippen molar-refractivity contribution < 1.29 is 9.90 Å². The maximum atomic E-state index is 11.3. The summed E-state index contributed by atoms with van der Waals surface area (Å²) in [5, 5.41) is 9.33. The van der Waals surface area contributed by atoms with Crippen molar-refractivity contribution in [2.45, 2.75) is 45.2 Å². The summed E-state index contributed by atoms with van der Waals surface area (Å²) >= 11 is 0. The summed E-state index contributed by atoms with van der Waals surface area (Å²) < 4.78 is 2.03. The number of imidazole rings is 1. The number of aromatic nitrogens is 2. The maximum absolute atomic E-state index is 11.3. The summed E-state index contributed by atoms with van der Waals surface area (Å²) in [5.74, 6) is -0.734. The van der Waals surface area contributed by atoms with Crippen LogP contribution in [0, 0.1) is 0 Å². The van der Waals surface area contributed by atoms with Crippen LogP contribution in [0.4, 0.5) is 0 Å². The molecule has 2 heterocycles. The number of hydrogen-bond acceptors (Lipinski definition) is 3. The van der Waals surface area contributed by atoms with Gasteiger partial charge in [-0.05, 0) is 32.4 Å². The Morgan fingerprint density at radius 2 is 2.22 bits per heavy atom. The van der Waals surface area contributed by atoms with Crippen LogP contribution in [0.2, 0.25) is 0 Å². The number of hydrogen-bond donors (Lipinski definition) is 1. The average Bonchev–Trinajstić information content (AvgIpc) is 2.96. The second-order valence-corrected chi connectivity index (χ2v) is 4.90. The Hall–Kier alpha value is -1.36. The third kappa shape index (κ3) is 3.10. The molecule has 5 nitrogen and oxygen atoms in total. The molecule has 0 spiro atoms. The van der Waals surface area contributed by atoms with Gasteiger partial charge in [0.05, 0.1) is 12.0 Å². The van der Waals surface area contributed by atoms with E-state index < -0.39 is 12.0 Å². The molecule has 0 unspecified atom stereocenters. The van der Waals surface area contributed by atoms with E-state index in [0.717, 1.165) is 44.6 Å². The molecular formula is C13H21N3O2. The highest BCUT2D eigenvalue weighted by atomic mass is 16.4. The maximum Gasteiger partial charge on any atom is 0.321 e. The molecule has 1 aromatic rings. The molecule has 2 rings (SSSR count). The van der Waals surface area contributed by atoms with Gasteiger partial charge in [-0.15, -0.1) is 0 Å². The second kappa shape index (κ2) is 6.00. The van der Waals surface area contributed by atoms with Gasteiger partial charge in [0.2, 0.25) is 0 Å². The Labute approximate surface area is 107 Å². The number of carbonyl (C=O) groups is 1. The Bertz CT molecular complexity index is 397. The first-order valence-corrected chi connectivity index (χ1v) is 6.68. The summed E-state index contributed by atoms with van der Waals surface area (Å²) in [6.07, 6.45) is 7.54. The Balaban J connectivity index is 2.00. The third-order valence-corrected chi connectivity index (χ3v) is 3.44. The van der Waals surface area contributed by atoms with Crippen LogP contribution < -0.4 is 0 Å². The fourth-order valence-electron chi connectivity index (χ4n) is 2.52. The van der Waals surface area contributed by atoms with Crippen LogP contribution in [0.15, 0.2) is 12.5 Å². The van der Waals surface area contributed by atoms with Crippen molar-refractivity contribution in [1.82, 2.24) is 14.5 Å². The molecule has 100 valence electrons. The summed E-state index contributed by atoms with van der Waals surface area (Å²) in [7, 11) is 0. The summed E-state index contributed by atoms with van der Waals surface area (Å²) in [5.41, 5.74) is 0.878. The molecule has 0 saturated carbocycles. The highest BCUT2D eigenvalue weighted by Gasteiger charge is 2.28. The van der Waals surface area contributed by atoms with E-state index in [-0.39, 0.29) is 0 Å². The van der Waals surface area contributed by atoms with Gasteiger partial charge in [-0.3, -0.25) is 9.69 Å². The van der Waals surface area contributed by atoms with Gasteiger partial charge >= 0.3 is 5.97 Å². The van der Waals surface area contributed by atoms with Gasteiger partial charge in [0.1, 0.15) is 6.04 Å². The number of aliphatic carboxylic acids is 1. The molecular weight excluding hydrogens is 230 g/mol. The van der Waals surface area contributed by atoms with Gasteiger partial charge in [-0.1, -0.05) is 6.92 Å². The van der Waals surface area contributed by atoms with Crippen LogP contribution in [-0.4, -0.2) is 44.7 Å². The molecule has 0 amide bonds. The van der Waals surface area contributed by atoms with Crippen LogP contribution >= 0.6 is 0 Å². The van der Waals surface area contributed by atoms with Crippen molar-refractivity contribution in [1.29, 1.82) is 0 Å². The van der Waals surface area contributed by atoms with Crippen molar-refractivity contribution >= 4 is 5.97 Å². The number of likely N-dealkylation sites (tertiary alicyclic amines) is 1. The minimum atomic E-state index is -0.734. The Kier molecular flexibility index (Phi) is 4.36. The molecule has 5 heteroatoms. The standard InChI is InChI=1S/C13H21N3O2/c1-2-5-15-9-11(14-10-15)8-12(13(17)18)16-6-3-4-7-16/h9-10,12H,2-8H2,1H3,(H,17,18)/t12-/m0/s1. The predicted octanol–water partition coefficient (Wildman–Crippen LogP) is 1.38. The van der Waals surface area contributed by atoms with Crippen molar-refractivity contribution in [3.63, 3.8) is 0 Å². The molecule has 1 aliphatic rings. The second-order valence-electron chi connectivity index (χ2n) is 4.90. The first-order chi connectivity index (χ1) is 8.70. The van der Waals surface area contributed by atoms with Gasteiger partial charge < -0.3 is 9.67 Å². The lowest BCUT2D eigenvalue weighted by Crippen LogP contribution is -2.40. The van der Waals surface area contributed by atoms with E-state index in [9.17, 15) is 9.90 Å². The van der Waals surface area contributed by atoms with Gasteiger partial charge in [0, 0.05) is 19.2 Å². The average molecular weight is 251 g/mol. The third-order valence-electron chi connectivity index (χ3n) is 3.44. The lowest BCUT2D eigenvalue weighted by Gasteiger charge is -2.22. The van der Waals surface area contributed by atoms with Crippen LogP contribution in [0.5, 0.6) is 0 Å². The lowest BCUT2D eigenvalue weighted by molar-refractivity contribution is -0.142. The molecule has 1 fully saturated rings. The topological polar surface area (TPSA) is 58.4 Å². The predicted molar refractivity (Wildman–Crippen MR) is 68.5 cm³/mol. The molecule has 1 aliphatic heterocycles. The Morgan fingerprint density at radius 3 is 2.83 bits per heavy atom. The number of rotatable bonds is 6. The zero-order chi connectivity index (χ0) is 13.0. The quantitative estimate of drug-likeness (QED) is 0.830.